The predicted molar refractivity (Wildman–Crippen MR) is 87.7 cm³/mol. The molecular formula is C18H22N2O. The van der Waals surface area contributed by atoms with Gasteiger partial charge in [0.15, 0.2) is 0 Å². The lowest BCUT2D eigenvalue weighted by Crippen LogP contribution is -2.22. The van der Waals surface area contributed by atoms with Crippen LogP contribution in [0.2, 0.25) is 0 Å². The molecule has 0 unspecified atom stereocenters. The van der Waals surface area contributed by atoms with Crippen molar-refractivity contribution < 1.29 is 4.79 Å². The molecule has 1 amide bonds. The molecule has 21 heavy (non-hydrogen) atoms. The van der Waals surface area contributed by atoms with Crippen LogP contribution in [0.3, 0.4) is 0 Å². The lowest BCUT2D eigenvalue weighted by Gasteiger charge is -2.11. The van der Waals surface area contributed by atoms with E-state index in [9.17, 15) is 4.79 Å². The van der Waals surface area contributed by atoms with Crippen molar-refractivity contribution in [2.24, 2.45) is 0 Å². The van der Waals surface area contributed by atoms with Crippen LogP contribution in [0.1, 0.15) is 34.0 Å². The molecule has 0 spiro atoms. The fourth-order valence-electron chi connectivity index (χ4n) is 2.22. The average molecular weight is 282 g/mol. The molecule has 0 heterocycles. The van der Waals surface area contributed by atoms with E-state index in [0.29, 0.717) is 12.1 Å². The van der Waals surface area contributed by atoms with Crippen molar-refractivity contribution in [2.45, 2.75) is 27.3 Å². The van der Waals surface area contributed by atoms with Gasteiger partial charge in [0, 0.05) is 24.3 Å². The van der Waals surface area contributed by atoms with E-state index in [4.69, 9.17) is 0 Å². The molecule has 0 radical (unpaired) electrons. The summed E-state index contributed by atoms with van der Waals surface area (Å²) in [7, 11) is 0. The van der Waals surface area contributed by atoms with Crippen molar-refractivity contribution >= 4 is 11.6 Å². The second kappa shape index (κ2) is 6.93. The third-order valence-electron chi connectivity index (χ3n) is 3.45. The van der Waals surface area contributed by atoms with Gasteiger partial charge in [-0.1, -0.05) is 29.8 Å². The minimum Gasteiger partial charge on any atom is -0.381 e. The van der Waals surface area contributed by atoms with Gasteiger partial charge in [-0.05, 0) is 50.1 Å². The van der Waals surface area contributed by atoms with Crippen molar-refractivity contribution in [2.75, 3.05) is 11.9 Å². The summed E-state index contributed by atoms with van der Waals surface area (Å²) in [6.45, 7) is 7.52. The highest BCUT2D eigenvalue weighted by Gasteiger charge is 2.05. The van der Waals surface area contributed by atoms with Gasteiger partial charge in [-0.25, -0.2) is 0 Å². The van der Waals surface area contributed by atoms with E-state index in [1.165, 1.54) is 16.7 Å². The molecule has 3 heteroatoms. The smallest absolute Gasteiger partial charge is 0.251 e. The molecule has 2 N–H and O–H groups in total. The molecule has 0 fully saturated rings. The zero-order chi connectivity index (χ0) is 15.2. The molecule has 0 aliphatic heterocycles. The molecule has 0 bridgehead atoms. The molecule has 0 aliphatic carbocycles. The van der Waals surface area contributed by atoms with Crippen LogP contribution in [0, 0.1) is 13.8 Å². The van der Waals surface area contributed by atoms with E-state index < -0.39 is 0 Å². The van der Waals surface area contributed by atoms with Crippen molar-refractivity contribution in [3.05, 3.63) is 64.7 Å². The van der Waals surface area contributed by atoms with Gasteiger partial charge >= 0.3 is 0 Å². The van der Waals surface area contributed by atoms with E-state index in [-0.39, 0.29) is 5.91 Å². The highest BCUT2D eigenvalue weighted by Crippen LogP contribution is 2.15. The number of carbonyl (C=O) groups excluding carboxylic acids is 1. The van der Waals surface area contributed by atoms with Gasteiger partial charge in [0.05, 0.1) is 0 Å². The number of carbonyl (C=O) groups is 1. The Kier molecular flexibility index (Phi) is 4.99. The Bertz CT molecular complexity index is 635. The largest absolute Gasteiger partial charge is 0.381 e. The summed E-state index contributed by atoms with van der Waals surface area (Å²) in [5.41, 5.74) is 5.45. The number of benzene rings is 2. The monoisotopic (exact) mass is 282 g/mol. The summed E-state index contributed by atoms with van der Waals surface area (Å²) in [5.74, 6) is -0.0344. The number of amides is 1. The number of rotatable bonds is 5. The van der Waals surface area contributed by atoms with Crippen LogP contribution >= 0.6 is 0 Å². The lowest BCUT2D eigenvalue weighted by molar-refractivity contribution is 0.0956. The van der Waals surface area contributed by atoms with Crippen LogP contribution in [-0.4, -0.2) is 12.5 Å². The SMILES string of the molecule is CCNC(=O)c1cccc(NCc2cc(C)ccc2C)c1. The first-order valence-electron chi connectivity index (χ1n) is 7.28. The Hall–Kier alpha value is -2.29. The molecule has 2 aromatic rings. The van der Waals surface area contributed by atoms with Crippen molar-refractivity contribution in [3.63, 3.8) is 0 Å². The maximum Gasteiger partial charge on any atom is 0.251 e. The predicted octanol–water partition coefficient (Wildman–Crippen LogP) is 3.67. The minimum absolute atomic E-state index is 0.0344. The molecule has 110 valence electrons. The fourth-order valence-corrected chi connectivity index (χ4v) is 2.22. The van der Waals surface area contributed by atoms with Gasteiger partial charge in [0.2, 0.25) is 0 Å². The Morgan fingerprint density at radius 3 is 2.67 bits per heavy atom. The van der Waals surface area contributed by atoms with Crippen LogP contribution in [-0.2, 0) is 6.54 Å². The Labute approximate surface area is 126 Å². The van der Waals surface area contributed by atoms with Crippen LogP contribution < -0.4 is 10.6 Å². The number of hydrogen-bond donors (Lipinski definition) is 2. The molecule has 0 atom stereocenters. The highest BCUT2D eigenvalue weighted by molar-refractivity contribution is 5.95. The van der Waals surface area contributed by atoms with Crippen LogP contribution in [0.25, 0.3) is 0 Å². The van der Waals surface area contributed by atoms with Gasteiger partial charge in [0.25, 0.3) is 5.91 Å². The quantitative estimate of drug-likeness (QED) is 0.878. The van der Waals surface area contributed by atoms with Gasteiger partial charge < -0.3 is 10.6 Å². The van der Waals surface area contributed by atoms with Crippen LogP contribution in [0.4, 0.5) is 5.69 Å². The van der Waals surface area contributed by atoms with E-state index in [2.05, 4.69) is 42.7 Å². The van der Waals surface area contributed by atoms with E-state index >= 15 is 0 Å². The average Bonchev–Trinajstić information content (AvgIpc) is 2.49. The standard InChI is InChI=1S/C18H22N2O/c1-4-19-18(21)15-6-5-7-17(11-15)20-12-16-10-13(2)8-9-14(16)3/h5-11,20H,4,12H2,1-3H3,(H,19,21). The molecule has 3 nitrogen and oxygen atoms in total. The number of anilines is 1. The second-order valence-electron chi connectivity index (χ2n) is 5.22. The second-order valence-corrected chi connectivity index (χ2v) is 5.22. The van der Waals surface area contributed by atoms with Crippen molar-refractivity contribution in [3.8, 4) is 0 Å². The minimum atomic E-state index is -0.0344. The third kappa shape index (κ3) is 4.09. The van der Waals surface area contributed by atoms with E-state index in [1.807, 2.05) is 31.2 Å². The molecular weight excluding hydrogens is 260 g/mol. The van der Waals surface area contributed by atoms with Crippen LogP contribution in [0.5, 0.6) is 0 Å². The number of hydrogen-bond acceptors (Lipinski definition) is 2. The summed E-state index contributed by atoms with van der Waals surface area (Å²) >= 11 is 0. The molecule has 0 saturated heterocycles. The Morgan fingerprint density at radius 2 is 1.90 bits per heavy atom. The highest BCUT2D eigenvalue weighted by atomic mass is 16.1. The molecule has 2 aromatic carbocycles. The van der Waals surface area contributed by atoms with Gasteiger partial charge in [-0.2, -0.15) is 0 Å². The lowest BCUT2D eigenvalue weighted by atomic mass is 10.1. The van der Waals surface area contributed by atoms with E-state index in [0.717, 1.165) is 12.2 Å². The van der Waals surface area contributed by atoms with E-state index in [1.54, 1.807) is 0 Å². The molecule has 0 saturated carbocycles. The van der Waals surface area contributed by atoms with Gasteiger partial charge in [-0.15, -0.1) is 0 Å². The summed E-state index contributed by atoms with van der Waals surface area (Å²) < 4.78 is 0. The Morgan fingerprint density at radius 1 is 1.10 bits per heavy atom. The molecule has 0 aromatic heterocycles. The van der Waals surface area contributed by atoms with Crippen molar-refractivity contribution in [1.29, 1.82) is 0 Å². The normalized spacial score (nSPS) is 10.2. The first kappa shape index (κ1) is 15.1. The first-order chi connectivity index (χ1) is 10.1. The third-order valence-corrected chi connectivity index (χ3v) is 3.45. The first-order valence-corrected chi connectivity index (χ1v) is 7.28. The van der Waals surface area contributed by atoms with Gasteiger partial charge in [-0.3, -0.25) is 4.79 Å². The maximum absolute atomic E-state index is 11.8. The number of aryl methyl sites for hydroxylation is 2. The maximum atomic E-state index is 11.8. The van der Waals surface area contributed by atoms with Crippen LogP contribution in [0.15, 0.2) is 42.5 Å². The number of nitrogens with one attached hydrogen (secondary N) is 2. The zero-order valence-electron chi connectivity index (χ0n) is 12.9. The summed E-state index contributed by atoms with van der Waals surface area (Å²) in [6.07, 6.45) is 0. The Balaban J connectivity index is 2.08. The zero-order valence-corrected chi connectivity index (χ0v) is 12.9. The fraction of sp³-hybridized carbons (Fsp3) is 0.278. The van der Waals surface area contributed by atoms with Crippen molar-refractivity contribution in [1.82, 2.24) is 5.32 Å². The topological polar surface area (TPSA) is 41.1 Å². The summed E-state index contributed by atoms with van der Waals surface area (Å²) in [4.78, 5) is 11.8. The summed E-state index contributed by atoms with van der Waals surface area (Å²) in [5, 5.41) is 6.20. The molecule has 2 rings (SSSR count). The summed E-state index contributed by atoms with van der Waals surface area (Å²) in [6, 6.07) is 14.0. The van der Waals surface area contributed by atoms with Gasteiger partial charge in [0.1, 0.15) is 0 Å². The molecule has 0 aliphatic rings.